The summed E-state index contributed by atoms with van der Waals surface area (Å²) < 4.78 is 8.65. The molecule has 0 saturated heterocycles. The van der Waals surface area contributed by atoms with Crippen LogP contribution in [0.5, 0.6) is 0 Å². The van der Waals surface area contributed by atoms with Crippen LogP contribution in [0.3, 0.4) is 0 Å². The van der Waals surface area contributed by atoms with Gasteiger partial charge in [-0.3, -0.25) is 4.98 Å². The second kappa shape index (κ2) is 6.87. The van der Waals surface area contributed by atoms with Crippen molar-refractivity contribution >= 4 is 24.0 Å². The molecular formula is C17H24BrN3OSi. The van der Waals surface area contributed by atoms with E-state index in [1.165, 1.54) is 30.0 Å². The lowest BCUT2D eigenvalue weighted by molar-refractivity contribution is 0.0771. The van der Waals surface area contributed by atoms with E-state index in [-0.39, 0.29) is 0 Å². The number of hydrogen-bond acceptors (Lipinski definition) is 3. The third kappa shape index (κ3) is 4.52. The summed E-state index contributed by atoms with van der Waals surface area (Å²) in [5.41, 5.74) is 3.52. The van der Waals surface area contributed by atoms with E-state index in [9.17, 15) is 0 Å². The van der Waals surface area contributed by atoms with E-state index in [1.54, 1.807) is 0 Å². The lowest BCUT2D eigenvalue weighted by Crippen LogP contribution is -2.22. The van der Waals surface area contributed by atoms with Crippen LogP contribution < -0.4 is 0 Å². The van der Waals surface area contributed by atoms with E-state index >= 15 is 0 Å². The predicted molar refractivity (Wildman–Crippen MR) is 99.2 cm³/mol. The number of aromatic nitrogens is 3. The Kier molecular flexibility index (Phi) is 5.03. The van der Waals surface area contributed by atoms with Crippen molar-refractivity contribution in [1.82, 2.24) is 14.8 Å². The van der Waals surface area contributed by atoms with Gasteiger partial charge in [-0.1, -0.05) is 19.6 Å². The number of rotatable bonds is 7. The molecule has 6 heteroatoms. The molecule has 0 aromatic carbocycles. The first kappa shape index (κ1) is 16.9. The molecule has 3 rings (SSSR count). The summed E-state index contributed by atoms with van der Waals surface area (Å²) >= 11 is 3.60. The van der Waals surface area contributed by atoms with Crippen molar-refractivity contribution in [1.29, 1.82) is 0 Å². The SMILES string of the molecule is C[Si](C)(C)CCOCn1nc(-c2ccncc2C2CC2)cc1Br. The van der Waals surface area contributed by atoms with Gasteiger partial charge in [0.1, 0.15) is 11.3 Å². The average Bonchev–Trinajstić information content (AvgIpc) is 3.27. The van der Waals surface area contributed by atoms with Gasteiger partial charge in [-0.2, -0.15) is 5.10 Å². The minimum Gasteiger partial charge on any atom is -0.359 e. The highest BCUT2D eigenvalue weighted by Crippen LogP contribution is 2.43. The molecule has 23 heavy (non-hydrogen) atoms. The van der Waals surface area contributed by atoms with Crippen LogP contribution >= 0.6 is 15.9 Å². The smallest absolute Gasteiger partial charge is 0.140 e. The van der Waals surface area contributed by atoms with Crippen LogP contribution in [-0.4, -0.2) is 29.4 Å². The molecular weight excluding hydrogens is 370 g/mol. The maximum absolute atomic E-state index is 5.81. The van der Waals surface area contributed by atoms with Crippen LogP contribution in [0, 0.1) is 0 Å². The van der Waals surface area contributed by atoms with Crippen molar-refractivity contribution in [3.8, 4) is 11.3 Å². The molecule has 0 amide bonds. The van der Waals surface area contributed by atoms with E-state index in [0.29, 0.717) is 12.6 Å². The zero-order valence-electron chi connectivity index (χ0n) is 14.1. The van der Waals surface area contributed by atoms with Crippen LogP contribution in [-0.2, 0) is 11.5 Å². The monoisotopic (exact) mass is 393 g/mol. The topological polar surface area (TPSA) is 39.9 Å². The third-order valence-corrected chi connectivity index (χ3v) is 6.43. The van der Waals surface area contributed by atoms with Crippen LogP contribution in [0.2, 0.25) is 25.7 Å². The highest BCUT2D eigenvalue weighted by atomic mass is 79.9. The molecule has 1 aliphatic carbocycles. The fourth-order valence-corrected chi connectivity index (χ4v) is 3.66. The number of halogens is 1. The van der Waals surface area contributed by atoms with Crippen LogP contribution in [0.25, 0.3) is 11.3 Å². The highest BCUT2D eigenvalue weighted by molar-refractivity contribution is 9.10. The largest absolute Gasteiger partial charge is 0.359 e. The molecule has 4 nitrogen and oxygen atoms in total. The zero-order chi connectivity index (χ0) is 16.4. The average molecular weight is 394 g/mol. The molecule has 0 unspecified atom stereocenters. The molecule has 2 heterocycles. The Morgan fingerprint density at radius 1 is 1.35 bits per heavy atom. The Balaban J connectivity index is 1.69. The Hall–Kier alpha value is -0.983. The van der Waals surface area contributed by atoms with Gasteiger partial charge in [0, 0.05) is 32.6 Å². The Morgan fingerprint density at radius 3 is 2.83 bits per heavy atom. The van der Waals surface area contributed by atoms with Gasteiger partial charge in [-0.05, 0) is 58.4 Å². The number of nitrogens with zero attached hydrogens (tertiary/aromatic N) is 3. The number of pyridine rings is 1. The summed E-state index contributed by atoms with van der Waals surface area (Å²) in [6.45, 7) is 8.39. The van der Waals surface area contributed by atoms with Crippen LogP contribution in [0.1, 0.15) is 24.3 Å². The quantitative estimate of drug-likeness (QED) is 0.496. The van der Waals surface area contributed by atoms with Crippen LogP contribution in [0.4, 0.5) is 0 Å². The zero-order valence-corrected chi connectivity index (χ0v) is 16.6. The van der Waals surface area contributed by atoms with Gasteiger partial charge in [-0.15, -0.1) is 0 Å². The van der Waals surface area contributed by atoms with Gasteiger partial charge in [0.25, 0.3) is 0 Å². The normalized spacial score (nSPS) is 15.1. The molecule has 0 radical (unpaired) electrons. The van der Waals surface area contributed by atoms with E-state index in [4.69, 9.17) is 9.84 Å². The first-order valence-electron chi connectivity index (χ1n) is 8.19. The summed E-state index contributed by atoms with van der Waals surface area (Å²) in [5, 5.41) is 4.71. The molecule has 0 aliphatic heterocycles. The van der Waals surface area contributed by atoms with Crippen molar-refractivity contribution in [2.45, 2.75) is 51.2 Å². The van der Waals surface area contributed by atoms with Crippen molar-refractivity contribution in [3.63, 3.8) is 0 Å². The second-order valence-corrected chi connectivity index (χ2v) is 13.9. The molecule has 0 spiro atoms. The highest BCUT2D eigenvalue weighted by Gasteiger charge is 2.27. The van der Waals surface area contributed by atoms with E-state index in [2.05, 4.69) is 52.7 Å². The Bertz CT molecular complexity index is 677. The van der Waals surface area contributed by atoms with Crippen LogP contribution in [0.15, 0.2) is 29.1 Å². The summed E-state index contributed by atoms with van der Waals surface area (Å²) in [4.78, 5) is 4.28. The van der Waals surface area contributed by atoms with Gasteiger partial charge in [0.2, 0.25) is 0 Å². The van der Waals surface area contributed by atoms with Crippen molar-refractivity contribution in [2.75, 3.05) is 6.61 Å². The van der Waals surface area contributed by atoms with Gasteiger partial charge in [0.15, 0.2) is 0 Å². The fourth-order valence-electron chi connectivity index (χ4n) is 2.51. The van der Waals surface area contributed by atoms with Crippen molar-refractivity contribution in [3.05, 3.63) is 34.7 Å². The minimum atomic E-state index is -1.04. The van der Waals surface area contributed by atoms with E-state index in [0.717, 1.165) is 16.9 Å². The molecule has 1 fully saturated rings. The summed E-state index contributed by atoms with van der Waals surface area (Å²) in [7, 11) is -1.04. The molecule has 2 aromatic heterocycles. The Labute approximate surface area is 147 Å². The minimum absolute atomic E-state index is 0.495. The molecule has 2 aromatic rings. The standard InChI is InChI=1S/C17H24BrN3OSi/c1-23(2,3)9-8-22-12-21-17(18)10-16(20-21)14-6-7-19-11-15(14)13-4-5-13/h6-7,10-11,13H,4-5,8-9,12H2,1-3H3. The third-order valence-electron chi connectivity index (χ3n) is 4.09. The summed E-state index contributed by atoms with van der Waals surface area (Å²) in [5.74, 6) is 0.663. The second-order valence-electron chi connectivity index (χ2n) is 7.44. The van der Waals surface area contributed by atoms with Gasteiger partial charge in [-0.25, -0.2) is 4.68 Å². The molecule has 1 saturated carbocycles. The van der Waals surface area contributed by atoms with E-state index < -0.39 is 8.07 Å². The fraction of sp³-hybridized carbons (Fsp3) is 0.529. The number of ether oxygens (including phenoxy) is 1. The van der Waals surface area contributed by atoms with Crippen molar-refractivity contribution < 1.29 is 4.74 Å². The first-order valence-corrected chi connectivity index (χ1v) is 12.7. The van der Waals surface area contributed by atoms with Gasteiger partial charge < -0.3 is 4.74 Å². The summed E-state index contributed by atoms with van der Waals surface area (Å²) in [6.07, 6.45) is 6.36. The molecule has 1 aliphatic rings. The van der Waals surface area contributed by atoms with Gasteiger partial charge in [0.05, 0.1) is 5.69 Å². The first-order chi connectivity index (χ1) is 10.9. The maximum Gasteiger partial charge on any atom is 0.140 e. The lowest BCUT2D eigenvalue weighted by atomic mass is 10.0. The van der Waals surface area contributed by atoms with Gasteiger partial charge >= 0.3 is 0 Å². The number of hydrogen-bond donors (Lipinski definition) is 0. The molecule has 0 N–H and O–H groups in total. The van der Waals surface area contributed by atoms with E-state index in [1.807, 2.05) is 17.1 Å². The maximum atomic E-state index is 5.81. The Morgan fingerprint density at radius 2 is 2.13 bits per heavy atom. The molecule has 0 atom stereocenters. The molecule has 124 valence electrons. The summed E-state index contributed by atoms with van der Waals surface area (Å²) in [6, 6.07) is 5.32. The lowest BCUT2D eigenvalue weighted by Gasteiger charge is -2.15. The predicted octanol–water partition coefficient (Wildman–Crippen LogP) is 4.90. The molecule has 0 bridgehead atoms. The van der Waals surface area contributed by atoms with Crippen molar-refractivity contribution in [2.24, 2.45) is 0 Å².